The number of anilines is 1. The van der Waals surface area contributed by atoms with Gasteiger partial charge in [-0.1, -0.05) is 32.0 Å². The Labute approximate surface area is 180 Å². The lowest BCUT2D eigenvalue weighted by molar-refractivity contribution is -0.935. The maximum atomic E-state index is 12.9. The number of aromatic nitrogens is 1. The number of carbonyl (C=O) groups excluding carboxylic acids is 2. The van der Waals surface area contributed by atoms with Crippen LogP contribution in [0.5, 0.6) is 0 Å². The van der Waals surface area contributed by atoms with Gasteiger partial charge in [-0.15, -0.1) is 11.3 Å². The van der Waals surface area contributed by atoms with Crippen molar-refractivity contribution in [1.82, 2.24) is 4.98 Å². The van der Waals surface area contributed by atoms with Crippen molar-refractivity contribution in [1.29, 1.82) is 0 Å². The van der Waals surface area contributed by atoms with Gasteiger partial charge in [-0.05, 0) is 48.6 Å². The molecule has 154 valence electrons. The van der Waals surface area contributed by atoms with E-state index in [2.05, 4.69) is 26.0 Å². The number of fused-ring (bicyclic) bond motifs is 2. The van der Waals surface area contributed by atoms with E-state index in [1.54, 1.807) is 16.2 Å². The zero-order chi connectivity index (χ0) is 20.8. The number of Topliss-reactive ketones (excluding diaryl/α,β-unsaturated/α-hetero) is 1. The number of amides is 1. The molecule has 0 bridgehead atoms. The van der Waals surface area contributed by atoms with Gasteiger partial charge in [-0.25, -0.2) is 4.98 Å². The fourth-order valence-electron chi connectivity index (χ4n) is 4.64. The van der Waals surface area contributed by atoms with Crippen LogP contribution in [0.25, 0.3) is 10.2 Å². The Morgan fingerprint density at radius 1 is 1.17 bits per heavy atom. The third-order valence-corrected chi connectivity index (χ3v) is 7.52. The summed E-state index contributed by atoms with van der Waals surface area (Å²) in [6.07, 6.45) is 3.36. The molecule has 0 aliphatic carbocycles. The van der Waals surface area contributed by atoms with Gasteiger partial charge in [0.2, 0.25) is 0 Å². The molecule has 2 aliphatic rings. The predicted molar refractivity (Wildman–Crippen MR) is 119 cm³/mol. The second-order valence-electron chi connectivity index (χ2n) is 8.63. The van der Waals surface area contributed by atoms with Crippen LogP contribution in [-0.4, -0.2) is 29.9 Å². The van der Waals surface area contributed by atoms with Crippen molar-refractivity contribution in [2.45, 2.75) is 45.1 Å². The molecule has 1 N–H and O–H groups in total. The van der Waals surface area contributed by atoms with Crippen molar-refractivity contribution in [3.05, 3.63) is 58.6 Å². The average molecular weight is 421 g/mol. The number of nitrogens with one attached hydrogen (secondary N) is 1. The van der Waals surface area contributed by atoms with Crippen LogP contribution in [0.2, 0.25) is 0 Å². The van der Waals surface area contributed by atoms with Crippen LogP contribution in [0.15, 0.2) is 42.5 Å². The Bertz CT molecular complexity index is 1100. The first-order chi connectivity index (χ1) is 14.5. The molecule has 2 aliphatic heterocycles. The summed E-state index contributed by atoms with van der Waals surface area (Å²) in [6.45, 7) is 5.69. The van der Waals surface area contributed by atoms with Crippen molar-refractivity contribution < 1.29 is 14.5 Å². The molecule has 5 nitrogen and oxygen atoms in total. The van der Waals surface area contributed by atoms with E-state index in [1.165, 1.54) is 16.0 Å². The molecule has 1 fully saturated rings. The first-order valence-corrected chi connectivity index (χ1v) is 11.5. The summed E-state index contributed by atoms with van der Waals surface area (Å²) in [5, 5.41) is 1.14. The Kier molecular flexibility index (Phi) is 4.91. The van der Waals surface area contributed by atoms with E-state index < -0.39 is 5.91 Å². The summed E-state index contributed by atoms with van der Waals surface area (Å²) in [5.41, 5.74) is 3.45. The summed E-state index contributed by atoms with van der Waals surface area (Å²) >= 11 is 1.76. The molecule has 3 aromatic rings. The van der Waals surface area contributed by atoms with Gasteiger partial charge in [0.1, 0.15) is 6.04 Å². The number of para-hydroxylation sites is 1. The smallest absolute Gasteiger partial charge is 0.303 e. The molecule has 2 atom stereocenters. The lowest BCUT2D eigenvalue weighted by atomic mass is 9.99. The number of nitrogens with zero attached hydrogens (tertiary/aromatic N) is 2. The molecular weight excluding hydrogens is 394 g/mol. The third-order valence-electron chi connectivity index (χ3n) is 6.37. The van der Waals surface area contributed by atoms with Crippen molar-refractivity contribution in [2.24, 2.45) is 0 Å². The molecule has 0 saturated carbocycles. The zero-order valence-corrected chi connectivity index (χ0v) is 18.2. The Morgan fingerprint density at radius 3 is 2.80 bits per heavy atom. The summed E-state index contributed by atoms with van der Waals surface area (Å²) in [4.78, 5) is 33.4. The summed E-state index contributed by atoms with van der Waals surface area (Å²) in [6, 6.07) is 14.4. The summed E-state index contributed by atoms with van der Waals surface area (Å²) in [7, 11) is 0. The number of thiazole rings is 1. The van der Waals surface area contributed by atoms with Gasteiger partial charge >= 0.3 is 5.91 Å². The number of quaternary nitrogens is 1. The minimum absolute atomic E-state index is 0.262. The van der Waals surface area contributed by atoms with E-state index in [0.717, 1.165) is 41.2 Å². The van der Waals surface area contributed by atoms with E-state index >= 15 is 0 Å². The number of likely N-dealkylation sites (tertiary alicyclic amines) is 1. The standard InChI is InChI=1S/C24H25N3O2S/c1-15(2)16-10-11-19-17(13-16)22(28)24(29)27(19)14-26-12-6-5-8-20(26)23-25-18-7-3-4-9-21(18)30-23/h3-4,7,9-11,13,15,20H,5-6,8,12,14H2,1-2H3/p+1/t20-/m1/s1. The first kappa shape index (κ1) is 19.4. The summed E-state index contributed by atoms with van der Waals surface area (Å²) in [5.74, 6) is -0.448. The lowest BCUT2D eigenvalue weighted by Gasteiger charge is -2.33. The van der Waals surface area contributed by atoms with Gasteiger partial charge < -0.3 is 4.90 Å². The molecule has 2 aromatic carbocycles. The third kappa shape index (κ3) is 3.24. The number of hydrogen-bond donors (Lipinski definition) is 1. The normalized spacial score (nSPS) is 21.6. The molecule has 1 saturated heterocycles. The molecule has 1 amide bonds. The molecule has 1 unspecified atom stereocenters. The highest BCUT2D eigenvalue weighted by Gasteiger charge is 2.40. The number of hydrogen-bond acceptors (Lipinski definition) is 4. The fourth-order valence-corrected chi connectivity index (χ4v) is 5.80. The average Bonchev–Trinajstić information content (AvgIpc) is 3.29. The minimum Gasteiger partial charge on any atom is -0.309 e. The van der Waals surface area contributed by atoms with E-state index in [-0.39, 0.29) is 11.8 Å². The largest absolute Gasteiger partial charge is 0.309 e. The highest BCUT2D eigenvalue weighted by molar-refractivity contribution is 7.18. The molecule has 1 aromatic heterocycles. The Balaban J connectivity index is 1.45. The zero-order valence-electron chi connectivity index (χ0n) is 17.4. The number of ketones is 1. The molecule has 0 radical (unpaired) electrons. The maximum Gasteiger partial charge on any atom is 0.303 e. The molecule has 0 spiro atoms. The molecule has 5 rings (SSSR count). The van der Waals surface area contributed by atoms with Gasteiger partial charge in [0.05, 0.1) is 28.0 Å². The van der Waals surface area contributed by atoms with Crippen LogP contribution >= 0.6 is 11.3 Å². The molecular formula is C24H26N3O2S+. The second kappa shape index (κ2) is 7.60. The predicted octanol–water partition coefficient (Wildman–Crippen LogP) is 3.72. The SMILES string of the molecule is CC(C)c1ccc2c(c1)C(=O)C(=O)N2C[NH+]1CCCC[C@@H]1c1nc2ccccc2s1. The monoisotopic (exact) mass is 420 g/mol. The number of piperidine rings is 1. The van der Waals surface area contributed by atoms with E-state index in [4.69, 9.17) is 4.98 Å². The highest BCUT2D eigenvalue weighted by atomic mass is 32.1. The van der Waals surface area contributed by atoms with Gasteiger partial charge in [0.25, 0.3) is 5.78 Å². The van der Waals surface area contributed by atoms with Crippen LogP contribution in [0.4, 0.5) is 5.69 Å². The lowest BCUT2D eigenvalue weighted by Crippen LogP contribution is -3.14. The van der Waals surface area contributed by atoms with Crippen LogP contribution in [0.3, 0.4) is 0 Å². The first-order valence-electron chi connectivity index (χ1n) is 10.7. The molecule has 30 heavy (non-hydrogen) atoms. The quantitative estimate of drug-likeness (QED) is 0.655. The van der Waals surface area contributed by atoms with Gasteiger partial charge in [0, 0.05) is 6.42 Å². The van der Waals surface area contributed by atoms with Gasteiger partial charge in [-0.3, -0.25) is 14.5 Å². The van der Waals surface area contributed by atoms with Crippen molar-refractivity contribution in [3.8, 4) is 0 Å². The topological polar surface area (TPSA) is 54.7 Å². The minimum atomic E-state index is -0.396. The Hall–Kier alpha value is -2.57. The number of carbonyl (C=O) groups is 2. The van der Waals surface area contributed by atoms with Crippen molar-refractivity contribution >= 4 is 38.9 Å². The highest BCUT2D eigenvalue weighted by Crippen LogP contribution is 2.32. The van der Waals surface area contributed by atoms with Gasteiger partial charge in [-0.2, -0.15) is 0 Å². The number of benzene rings is 2. The van der Waals surface area contributed by atoms with E-state index in [1.807, 2.05) is 30.3 Å². The second-order valence-corrected chi connectivity index (χ2v) is 9.69. The maximum absolute atomic E-state index is 12.9. The van der Waals surface area contributed by atoms with Crippen LogP contribution < -0.4 is 9.80 Å². The summed E-state index contributed by atoms with van der Waals surface area (Å²) < 4.78 is 1.21. The van der Waals surface area contributed by atoms with Gasteiger partial charge in [0.15, 0.2) is 11.7 Å². The molecule has 3 heterocycles. The Morgan fingerprint density at radius 2 is 2.00 bits per heavy atom. The number of rotatable bonds is 4. The van der Waals surface area contributed by atoms with Crippen molar-refractivity contribution in [3.63, 3.8) is 0 Å². The van der Waals surface area contributed by atoms with Crippen LogP contribution in [0, 0.1) is 0 Å². The van der Waals surface area contributed by atoms with E-state index in [0.29, 0.717) is 18.2 Å². The van der Waals surface area contributed by atoms with Crippen molar-refractivity contribution in [2.75, 3.05) is 18.1 Å². The fraction of sp³-hybridized carbons (Fsp3) is 0.375. The van der Waals surface area contributed by atoms with Crippen LogP contribution in [-0.2, 0) is 4.79 Å². The van der Waals surface area contributed by atoms with Crippen LogP contribution in [0.1, 0.15) is 66.0 Å². The van der Waals surface area contributed by atoms with E-state index in [9.17, 15) is 9.59 Å². The molecule has 6 heteroatoms.